The lowest BCUT2D eigenvalue weighted by atomic mass is 10.0. The van der Waals surface area contributed by atoms with Crippen LogP contribution in [0.1, 0.15) is 77.2 Å². The van der Waals surface area contributed by atoms with Gasteiger partial charge in [0.2, 0.25) is 0 Å². The first-order chi connectivity index (χ1) is 14.6. The number of aliphatic hydroxyl groups excluding tert-OH is 1. The van der Waals surface area contributed by atoms with Crippen LogP contribution in [0, 0.1) is 0 Å². The Hall–Kier alpha value is -2.27. The number of aliphatic hydroxyl groups is 1. The van der Waals surface area contributed by atoms with E-state index >= 15 is 0 Å². The lowest BCUT2D eigenvalue weighted by Gasteiger charge is -2.08. The van der Waals surface area contributed by atoms with Gasteiger partial charge in [-0.1, -0.05) is 83.1 Å². The molecule has 164 valence electrons. The summed E-state index contributed by atoms with van der Waals surface area (Å²) in [6.07, 6.45) is 13.4. The average Bonchev–Trinajstić information content (AvgIpc) is 2.78. The zero-order valence-electron chi connectivity index (χ0n) is 18.5. The Labute approximate surface area is 180 Å². The number of ether oxygens (including phenoxy) is 1. The standard InChI is InChI=1S/C25H36N2O3/c1-3-5-6-7-8-9-10-11-16-30-22-18-26-25(27-19-22)21-14-12-20(13-15-21)17-24(29)23(28)4-2/h12-15,18-19,23,28H,3-11,16-17H2,1-2H3. The molecule has 0 radical (unpaired) electrons. The zero-order valence-corrected chi connectivity index (χ0v) is 18.5. The number of benzene rings is 1. The summed E-state index contributed by atoms with van der Waals surface area (Å²) in [6, 6.07) is 7.56. The van der Waals surface area contributed by atoms with E-state index in [4.69, 9.17) is 4.74 Å². The monoisotopic (exact) mass is 412 g/mol. The van der Waals surface area contributed by atoms with Crippen molar-refractivity contribution < 1.29 is 14.6 Å². The minimum atomic E-state index is -0.883. The van der Waals surface area contributed by atoms with Gasteiger partial charge in [0, 0.05) is 12.0 Å². The molecule has 1 aromatic carbocycles. The lowest BCUT2D eigenvalue weighted by Crippen LogP contribution is -2.21. The zero-order chi connectivity index (χ0) is 21.6. The summed E-state index contributed by atoms with van der Waals surface area (Å²) in [5.74, 6) is 1.16. The summed E-state index contributed by atoms with van der Waals surface area (Å²) in [5, 5.41) is 9.61. The van der Waals surface area contributed by atoms with E-state index in [-0.39, 0.29) is 12.2 Å². The lowest BCUT2D eigenvalue weighted by molar-refractivity contribution is -0.126. The molecule has 0 aliphatic carbocycles. The van der Waals surface area contributed by atoms with Crippen LogP contribution >= 0.6 is 0 Å². The molecule has 0 amide bonds. The smallest absolute Gasteiger partial charge is 0.165 e. The number of Topliss-reactive ketones (excluding diaryl/α,β-unsaturated/α-hetero) is 1. The van der Waals surface area contributed by atoms with E-state index in [1.165, 1.54) is 44.9 Å². The minimum Gasteiger partial charge on any atom is -0.490 e. The first-order valence-corrected chi connectivity index (χ1v) is 11.4. The number of carbonyl (C=O) groups excluding carboxylic acids is 1. The van der Waals surface area contributed by atoms with Crippen molar-refractivity contribution in [2.24, 2.45) is 0 Å². The van der Waals surface area contributed by atoms with Gasteiger partial charge < -0.3 is 9.84 Å². The molecular formula is C25H36N2O3. The van der Waals surface area contributed by atoms with Gasteiger partial charge in [-0.05, 0) is 18.4 Å². The summed E-state index contributed by atoms with van der Waals surface area (Å²) in [6.45, 7) is 4.74. The van der Waals surface area contributed by atoms with Crippen molar-refractivity contribution >= 4 is 5.78 Å². The average molecular weight is 413 g/mol. The van der Waals surface area contributed by atoms with Crippen LogP contribution in [-0.2, 0) is 11.2 Å². The predicted octanol–water partition coefficient (Wildman–Crippen LogP) is 5.55. The molecule has 0 saturated carbocycles. The quantitative estimate of drug-likeness (QED) is 0.389. The van der Waals surface area contributed by atoms with Crippen LogP contribution in [-0.4, -0.2) is 33.6 Å². The number of hydrogen-bond acceptors (Lipinski definition) is 5. The molecule has 0 aliphatic heterocycles. The molecule has 0 saturated heterocycles. The molecule has 2 aromatic rings. The van der Waals surface area contributed by atoms with Crippen LogP contribution in [0.25, 0.3) is 11.4 Å². The molecule has 2 rings (SSSR count). The number of carbonyl (C=O) groups is 1. The summed E-state index contributed by atoms with van der Waals surface area (Å²) in [4.78, 5) is 20.6. The maximum Gasteiger partial charge on any atom is 0.165 e. The number of hydrogen-bond donors (Lipinski definition) is 1. The Balaban J connectivity index is 1.71. The van der Waals surface area contributed by atoms with Crippen LogP contribution in [0.2, 0.25) is 0 Å². The van der Waals surface area contributed by atoms with Gasteiger partial charge in [-0.15, -0.1) is 0 Å². The van der Waals surface area contributed by atoms with E-state index in [9.17, 15) is 9.90 Å². The molecule has 0 bridgehead atoms. The van der Waals surface area contributed by atoms with Gasteiger partial charge >= 0.3 is 0 Å². The number of unbranched alkanes of at least 4 members (excludes halogenated alkanes) is 7. The van der Waals surface area contributed by atoms with Crippen molar-refractivity contribution in [1.82, 2.24) is 9.97 Å². The van der Waals surface area contributed by atoms with Gasteiger partial charge in [-0.2, -0.15) is 0 Å². The summed E-state index contributed by atoms with van der Waals surface area (Å²) >= 11 is 0. The van der Waals surface area contributed by atoms with Crippen LogP contribution in [0.3, 0.4) is 0 Å². The first-order valence-electron chi connectivity index (χ1n) is 11.4. The van der Waals surface area contributed by atoms with Gasteiger partial charge in [-0.25, -0.2) is 9.97 Å². The molecule has 1 heterocycles. The van der Waals surface area contributed by atoms with Gasteiger partial charge in [0.15, 0.2) is 17.4 Å². The Bertz CT molecular complexity index is 729. The molecule has 0 spiro atoms. The fourth-order valence-corrected chi connectivity index (χ4v) is 3.28. The molecule has 1 N–H and O–H groups in total. The van der Waals surface area contributed by atoms with Crippen molar-refractivity contribution in [1.29, 1.82) is 0 Å². The third-order valence-electron chi connectivity index (χ3n) is 5.24. The Kier molecular flexibility index (Phi) is 11.1. The Morgan fingerprint density at radius 1 is 0.933 bits per heavy atom. The number of rotatable bonds is 15. The molecule has 5 heteroatoms. The number of ketones is 1. The van der Waals surface area contributed by atoms with E-state index in [1.54, 1.807) is 19.3 Å². The van der Waals surface area contributed by atoms with Crippen LogP contribution < -0.4 is 4.74 Å². The van der Waals surface area contributed by atoms with E-state index in [2.05, 4.69) is 16.9 Å². The molecule has 0 fully saturated rings. The van der Waals surface area contributed by atoms with Gasteiger partial charge in [0.25, 0.3) is 0 Å². The van der Waals surface area contributed by atoms with Gasteiger partial charge in [0.05, 0.1) is 19.0 Å². The molecule has 5 nitrogen and oxygen atoms in total. The number of nitrogens with zero attached hydrogens (tertiary/aromatic N) is 2. The highest BCUT2D eigenvalue weighted by Crippen LogP contribution is 2.18. The van der Waals surface area contributed by atoms with Gasteiger partial charge in [0.1, 0.15) is 6.10 Å². The second-order valence-electron chi connectivity index (χ2n) is 7.83. The molecular weight excluding hydrogens is 376 g/mol. The van der Waals surface area contributed by atoms with E-state index in [0.29, 0.717) is 24.6 Å². The van der Waals surface area contributed by atoms with Crippen LogP contribution in [0.5, 0.6) is 5.75 Å². The van der Waals surface area contributed by atoms with E-state index in [0.717, 1.165) is 17.5 Å². The fourth-order valence-electron chi connectivity index (χ4n) is 3.28. The van der Waals surface area contributed by atoms with Crippen LogP contribution in [0.15, 0.2) is 36.7 Å². The second-order valence-corrected chi connectivity index (χ2v) is 7.83. The van der Waals surface area contributed by atoms with E-state index in [1.807, 2.05) is 24.3 Å². The third kappa shape index (κ3) is 8.62. The van der Waals surface area contributed by atoms with Crippen molar-refractivity contribution in [2.75, 3.05) is 6.61 Å². The first kappa shape index (κ1) is 24.0. The molecule has 1 atom stereocenters. The summed E-state index contributed by atoms with van der Waals surface area (Å²) in [5.41, 5.74) is 1.76. The highest BCUT2D eigenvalue weighted by molar-refractivity contribution is 5.85. The second kappa shape index (κ2) is 13.9. The molecule has 30 heavy (non-hydrogen) atoms. The third-order valence-corrected chi connectivity index (χ3v) is 5.24. The largest absolute Gasteiger partial charge is 0.490 e. The molecule has 1 unspecified atom stereocenters. The Morgan fingerprint density at radius 3 is 2.13 bits per heavy atom. The highest BCUT2D eigenvalue weighted by Gasteiger charge is 2.13. The normalized spacial score (nSPS) is 12.0. The topological polar surface area (TPSA) is 72.3 Å². The predicted molar refractivity (Wildman–Crippen MR) is 121 cm³/mol. The number of aromatic nitrogens is 2. The van der Waals surface area contributed by atoms with Crippen molar-refractivity contribution in [2.45, 2.75) is 84.2 Å². The fraction of sp³-hybridized carbons (Fsp3) is 0.560. The van der Waals surface area contributed by atoms with Crippen LogP contribution in [0.4, 0.5) is 0 Å². The Morgan fingerprint density at radius 2 is 1.53 bits per heavy atom. The summed E-state index contributed by atoms with van der Waals surface area (Å²) in [7, 11) is 0. The van der Waals surface area contributed by atoms with Crippen molar-refractivity contribution in [3.05, 3.63) is 42.2 Å². The molecule has 0 aliphatic rings. The van der Waals surface area contributed by atoms with Crippen molar-refractivity contribution in [3.8, 4) is 17.1 Å². The summed E-state index contributed by atoms with van der Waals surface area (Å²) < 4.78 is 5.75. The van der Waals surface area contributed by atoms with Gasteiger partial charge in [-0.3, -0.25) is 4.79 Å². The maximum absolute atomic E-state index is 11.8. The molecule has 1 aromatic heterocycles. The van der Waals surface area contributed by atoms with Crippen molar-refractivity contribution in [3.63, 3.8) is 0 Å². The highest BCUT2D eigenvalue weighted by atomic mass is 16.5. The SMILES string of the molecule is CCCCCCCCCCOc1cnc(-c2ccc(CC(=O)C(O)CC)cc2)nc1. The minimum absolute atomic E-state index is 0.153. The van der Waals surface area contributed by atoms with E-state index < -0.39 is 6.10 Å². The maximum atomic E-state index is 11.8.